The monoisotopic (exact) mass is 479 g/mol. The molecule has 2 saturated carbocycles. The van der Waals surface area contributed by atoms with Gasteiger partial charge in [0, 0.05) is 12.3 Å². The first-order valence-electron chi connectivity index (χ1n) is 12.2. The van der Waals surface area contributed by atoms with Crippen LogP contribution in [0.4, 0.5) is 0 Å². The molecule has 8 nitrogen and oxygen atoms in total. The largest absolute Gasteiger partial charge is 0.480 e. The zero-order chi connectivity index (χ0) is 23.6. The summed E-state index contributed by atoms with van der Waals surface area (Å²) in [6, 6.07) is -0.266. The van der Waals surface area contributed by atoms with Crippen molar-refractivity contribution >= 4 is 29.3 Å². The number of carboxylic acids is 1. The second-order valence-corrected chi connectivity index (χ2v) is 11.1. The number of aliphatic carboxylic acids is 1. The molecule has 3 fully saturated rings. The molecule has 9 heteroatoms. The van der Waals surface area contributed by atoms with Gasteiger partial charge in [0.15, 0.2) is 5.79 Å². The fraction of sp³-hybridized carbons (Fsp3) is 0.792. The molecule has 2 aliphatic heterocycles. The number of thioether (sulfide) groups is 1. The van der Waals surface area contributed by atoms with Gasteiger partial charge in [-0.25, -0.2) is 4.79 Å². The van der Waals surface area contributed by atoms with E-state index in [-0.39, 0.29) is 30.8 Å². The van der Waals surface area contributed by atoms with Crippen LogP contribution in [0.5, 0.6) is 0 Å². The highest BCUT2D eigenvalue weighted by Gasteiger charge is 2.55. The van der Waals surface area contributed by atoms with Gasteiger partial charge in [-0.2, -0.15) is 0 Å². The van der Waals surface area contributed by atoms with Crippen molar-refractivity contribution in [3.63, 3.8) is 0 Å². The summed E-state index contributed by atoms with van der Waals surface area (Å²) in [6.45, 7) is 5.50. The van der Waals surface area contributed by atoms with Crippen LogP contribution in [-0.4, -0.2) is 65.1 Å². The van der Waals surface area contributed by atoms with Crippen molar-refractivity contribution in [2.45, 2.75) is 95.9 Å². The Labute approximate surface area is 200 Å². The van der Waals surface area contributed by atoms with Crippen molar-refractivity contribution < 1.29 is 24.1 Å². The smallest absolute Gasteiger partial charge is 0.329 e. The van der Waals surface area contributed by atoms with E-state index < -0.39 is 17.9 Å². The SMILES string of the molecule is CCCS/C1=C/CCC(C2CCC2)C(=N)C(=NC2CC(OCC(=O)O)C3OC(C)(C)OC23)N1. The molecule has 0 bridgehead atoms. The summed E-state index contributed by atoms with van der Waals surface area (Å²) in [5, 5.41) is 22.7. The molecule has 1 saturated heterocycles. The molecule has 5 atom stereocenters. The van der Waals surface area contributed by atoms with Gasteiger partial charge in [0.25, 0.3) is 0 Å². The molecule has 5 unspecified atom stereocenters. The third-order valence-electron chi connectivity index (χ3n) is 6.95. The minimum Gasteiger partial charge on any atom is -0.480 e. The van der Waals surface area contributed by atoms with Crippen LogP contribution in [0.1, 0.15) is 65.7 Å². The number of carboxylic acid groups (broad SMARTS) is 1. The summed E-state index contributed by atoms with van der Waals surface area (Å²) in [4.78, 5) is 16.1. The van der Waals surface area contributed by atoms with Crippen LogP contribution >= 0.6 is 11.8 Å². The summed E-state index contributed by atoms with van der Waals surface area (Å²) >= 11 is 1.77. The summed E-state index contributed by atoms with van der Waals surface area (Å²) in [5.41, 5.74) is 0.590. The van der Waals surface area contributed by atoms with Gasteiger partial charge in [-0.05, 0) is 57.6 Å². The van der Waals surface area contributed by atoms with E-state index in [1.54, 1.807) is 11.8 Å². The van der Waals surface area contributed by atoms with E-state index in [1.807, 2.05) is 13.8 Å². The first-order valence-corrected chi connectivity index (χ1v) is 13.2. The number of ether oxygens (including phenoxy) is 3. The number of nitrogens with one attached hydrogen (secondary N) is 2. The molecular weight excluding hydrogens is 442 g/mol. The van der Waals surface area contributed by atoms with Crippen molar-refractivity contribution in [2.24, 2.45) is 16.8 Å². The van der Waals surface area contributed by atoms with E-state index >= 15 is 0 Å². The Balaban J connectivity index is 1.59. The van der Waals surface area contributed by atoms with E-state index in [0.717, 1.165) is 30.0 Å². The predicted octanol–water partition coefficient (Wildman–Crippen LogP) is 3.95. The molecular formula is C24H37N3O5S. The lowest BCUT2D eigenvalue weighted by atomic mass is 9.71. The van der Waals surface area contributed by atoms with Gasteiger partial charge < -0.3 is 30.0 Å². The average Bonchev–Trinajstić information content (AvgIpc) is 3.19. The zero-order valence-electron chi connectivity index (χ0n) is 19.8. The lowest BCUT2D eigenvalue weighted by Crippen LogP contribution is -2.41. The maximum absolute atomic E-state index is 11.1. The molecule has 4 rings (SSSR count). The fourth-order valence-corrected chi connectivity index (χ4v) is 6.04. The molecule has 3 N–H and O–H groups in total. The number of carbonyl (C=O) groups is 1. The second kappa shape index (κ2) is 10.5. The summed E-state index contributed by atoms with van der Waals surface area (Å²) in [7, 11) is 0. The first-order chi connectivity index (χ1) is 15.8. The molecule has 184 valence electrons. The van der Waals surface area contributed by atoms with Gasteiger partial charge >= 0.3 is 5.97 Å². The van der Waals surface area contributed by atoms with Crippen LogP contribution in [0, 0.1) is 17.2 Å². The minimum absolute atomic E-state index is 0.215. The van der Waals surface area contributed by atoms with Crippen LogP contribution in [-0.2, 0) is 19.0 Å². The third kappa shape index (κ3) is 5.81. The highest BCUT2D eigenvalue weighted by molar-refractivity contribution is 8.03. The highest BCUT2D eigenvalue weighted by atomic mass is 32.2. The van der Waals surface area contributed by atoms with E-state index in [0.29, 0.717) is 23.9 Å². The molecule has 33 heavy (non-hydrogen) atoms. The highest BCUT2D eigenvalue weighted by Crippen LogP contribution is 2.42. The minimum atomic E-state index is -1.01. The molecule has 0 aromatic heterocycles. The second-order valence-electron chi connectivity index (χ2n) is 9.92. The normalized spacial score (nSPS) is 36.9. The van der Waals surface area contributed by atoms with Gasteiger partial charge in [0.2, 0.25) is 0 Å². The summed E-state index contributed by atoms with van der Waals surface area (Å²) in [5.74, 6) is 0.627. The van der Waals surface area contributed by atoms with Crippen molar-refractivity contribution in [3.8, 4) is 0 Å². The maximum atomic E-state index is 11.1. The lowest BCUT2D eigenvalue weighted by Gasteiger charge is -2.35. The number of fused-ring (bicyclic) bond motifs is 1. The van der Waals surface area contributed by atoms with Gasteiger partial charge in [-0.15, -0.1) is 11.8 Å². The predicted molar refractivity (Wildman–Crippen MR) is 129 cm³/mol. The van der Waals surface area contributed by atoms with Gasteiger partial charge in [-0.1, -0.05) is 19.4 Å². The Hall–Kier alpha value is -1.42. The molecule has 0 spiro atoms. The molecule has 0 amide bonds. The molecule has 0 radical (unpaired) electrons. The Morgan fingerprint density at radius 3 is 2.76 bits per heavy atom. The fourth-order valence-electron chi connectivity index (χ4n) is 5.21. The van der Waals surface area contributed by atoms with Crippen LogP contribution in [0.2, 0.25) is 0 Å². The van der Waals surface area contributed by atoms with Crippen molar-refractivity contribution in [3.05, 3.63) is 11.1 Å². The number of aliphatic imine (C=N–C) groups is 1. The molecule has 2 heterocycles. The van der Waals surface area contributed by atoms with Crippen LogP contribution in [0.3, 0.4) is 0 Å². The standard InChI is InChI=1S/C24H37N3O5S/c1-4-11-33-18-10-6-9-15(14-7-5-8-14)20(25)23(27-18)26-16-12-17(30-13-19(28)29)22-21(16)31-24(2,3)32-22/h10,14-17,21-22,25H,4-9,11-13H2,1-3H3,(H,26,27)(H,28,29)/b18-10+,25-20?. The van der Waals surface area contributed by atoms with Gasteiger partial charge in [-0.3, -0.25) is 4.99 Å². The van der Waals surface area contributed by atoms with E-state index in [9.17, 15) is 4.79 Å². The third-order valence-corrected chi connectivity index (χ3v) is 8.15. The zero-order valence-corrected chi connectivity index (χ0v) is 20.7. The molecule has 0 aromatic carbocycles. The van der Waals surface area contributed by atoms with Crippen LogP contribution in [0.25, 0.3) is 0 Å². The first kappa shape index (κ1) is 24.7. The number of hydrogen-bond acceptors (Lipinski definition) is 7. The summed E-state index contributed by atoms with van der Waals surface area (Å²) < 4.78 is 17.9. The number of amidine groups is 1. The quantitative estimate of drug-likeness (QED) is 0.483. The number of hydrogen-bond donors (Lipinski definition) is 3. The number of allylic oxidation sites excluding steroid dienone is 1. The van der Waals surface area contributed by atoms with E-state index in [4.69, 9.17) is 29.7 Å². The molecule has 2 aliphatic carbocycles. The number of nitrogens with zero attached hydrogens (tertiary/aromatic N) is 1. The Kier molecular flexibility index (Phi) is 7.83. The van der Waals surface area contributed by atoms with Crippen LogP contribution in [0.15, 0.2) is 16.1 Å². The van der Waals surface area contributed by atoms with Crippen molar-refractivity contribution in [1.29, 1.82) is 5.41 Å². The van der Waals surface area contributed by atoms with Crippen molar-refractivity contribution in [1.82, 2.24) is 5.32 Å². The van der Waals surface area contributed by atoms with E-state index in [1.165, 1.54) is 19.3 Å². The Morgan fingerprint density at radius 2 is 2.09 bits per heavy atom. The van der Waals surface area contributed by atoms with Gasteiger partial charge in [0.05, 0.1) is 22.9 Å². The molecule has 4 aliphatic rings. The average molecular weight is 480 g/mol. The topological polar surface area (TPSA) is 113 Å². The van der Waals surface area contributed by atoms with Gasteiger partial charge in [0.1, 0.15) is 24.7 Å². The molecule has 0 aromatic rings. The lowest BCUT2D eigenvalue weighted by molar-refractivity contribution is -0.170. The van der Waals surface area contributed by atoms with Crippen LogP contribution < -0.4 is 5.32 Å². The Bertz CT molecular complexity index is 810. The maximum Gasteiger partial charge on any atom is 0.329 e. The number of rotatable bonds is 8. The van der Waals surface area contributed by atoms with Crippen molar-refractivity contribution in [2.75, 3.05) is 12.4 Å². The summed E-state index contributed by atoms with van der Waals surface area (Å²) in [6.07, 6.45) is 8.30. The van der Waals surface area contributed by atoms with E-state index in [2.05, 4.69) is 18.3 Å². The Morgan fingerprint density at radius 1 is 1.33 bits per heavy atom.